The molecule has 144 valence electrons. The van der Waals surface area contributed by atoms with E-state index in [-0.39, 0.29) is 22.8 Å². The molecule has 8 nitrogen and oxygen atoms in total. The standard InChI is InChI=1S/C17H16BrNO7S/c1-3-25-17(21)19-11-5-4-6-12(9-11)26-27(22,23)13-7-8-15(18)14(10-13)16(20)24-2/h4-10H,3H2,1-2H3,(H,19,21). The molecule has 0 saturated carbocycles. The van der Waals surface area contributed by atoms with Crippen LogP contribution in [0.2, 0.25) is 0 Å². The van der Waals surface area contributed by atoms with E-state index in [1.54, 1.807) is 13.0 Å². The van der Waals surface area contributed by atoms with Crippen molar-refractivity contribution in [1.82, 2.24) is 0 Å². The van der Waals surface area contributed by atoms with Crippen LogP contribution in [0.3, 0.4) is 0 Å². The SMILES string of the molecule is CCOC(=O)Nc1cccc(OS(=O)(=O)c2ccc(Br)c(C(=O)OC)c2)c1. The molecule has 0 aliphatic carbocycles. The molecule has 0 saturated heterocycles. The van der Waals surface area contributed by atoms with Crippen LogP contribution in [0.1, 0.15) is 17.3 Å². The van der Waals surface area contributed by atoms with E-state index >= 15 is 0 Å². The minimum atomic E-state index is -4.22. The van der Waals surface area contributed by atoms with Gasteiger partial charge in [0.25, 0.3) is 0 Å². The van der Waals surface area contributed by atoms with Crippen LogP contribution >= 0.6 is 15.9 Å². The molecule has 1 amide bonds. The van der Waals surface area contributed by atoms with Gasteiger partial charge in [0, 0.05) is 16.2 Å². The summed E-state index contributed by atoms with van der Waals surface area (Å²) in [5.74, 6) is -0.716. The number of carbonyl (C=O) groups excluding carboxylic acids is 2. The Morgan fingerprint density at radius 3 is 2.56 bits per heavy atom. The molecule has 2 aromatic carbocycles. The van der Waals surface area contributed by atoms with Crippen LogP contribution < -0.4 is 9.50 Å². The predicted molar refractivity (Wildman–Crippen MR) is 100 cm³/mol. The zero-order chi connectivity index (χ0) is 20.0. The largest absolute Gasteiger partial charge is 0.465 e. The average Bonchev–Trinajstić information content (AvgIpc) is 2.61. The maximum absolute atomic E-state index is 12.5. The van der Waals surface area contributed by atoms with Crippen molar-refractivity contribution >= 4 is 43.8 Å². The fraction of sp³-hybridized carbons (Fsp3) is 0.176. The second-order valence-corrected chi connectivity index (χ2v) is 7.44. The molecule has 1 N–H and O–H groups in total. The first kappa shape index (κ1) is 20.7. The van der Waals surface area contributed by atoms with E-state index in [0.29, 0.717) is 10.2 Å². The normalized spacial score (nSPS) is 10.8. The topological polar surface area (TPSA) is 108 Å². The van der Waals surface area contributed by atoms with Gasteiger partial charge in [-0.15, -0.1) is 0 Å². The zero-order valence-electron chi connectivity index (χ0n) is 14.4. The summed E-state index contributed by atoms with van der Waals surface area (Å²) in [4.78, 5) is 23.0. The Labute approximate surface area is 164 Å². The first-order valence-corrected chi connectivity index (χ1v) is 9.83. The van der Waals surface area contributed by atoms with E-state index in [9.17, 15) is 18.0 Å². The molecular weight excluding hydrogens is 442 g/mol. The molecule has 0 heterocycles. The first-order chi connectivity index (χ1) is 12.8. The van der Waals surface area contributed by atoms with Crippen LogP contribution in [0.5, 0.6) is 5.75 Å². The first-order valence-electron chi connectivity index (χ1n) is 7.63. The Hall–Kier alpha value is -2.59. The Balaban J connectivity index is 2.26. The molecular formula is C17H16BrNO7S. The van der Waals surface area contributed by atoms with Gasteiger partial charge in [0.2, 0.25) is 0 Å². The summed E-state index contributed by atoms with van der Waals surface area (Å²) in [5, 5.41) is 2.44. The van der Waals surface area contributed by atoms with Gasteiger partial charge in [-0.2, -0.15) is 8.42 Å². The fourth-order valence-corrected chi connectivity index (χ4v) is 3.37. The lowest BCUT2D eigenvalue weighted by atomic mass is 10.2. The molecule has 0 bridgehead atoms. The van der Waals surface area contributed by atoms with Gasteiger partial charge in [-0.25, -0.2) is 9.59 Å². The van der Waals surface area contributed by atoms with Gasteiger partial charge >= 0.3 is 22.2 Å². The molecule has 0 spiro atoms. The third kappa shape index (κ3) is 5.44. The minimum absolute atomic E-state index is 0.0214. The number of carbonyl (C=O) groups is 2. The van der Waals surface area contributed by atoms with E-state index in [0.717, 1.165) is 6.07 Å². The highest BCUT2D eigenvalue weighted by atomic mass is 79.9. The van der Waals surface area contributed by atoms with Gasteiger partial charge in [-0.3, -0.25) is 5.32 Å². The van der Waals surface area contributed by atoms with Gasteiger partial charge in [0.1, 0.15) is 10.6 Å². The van der Waals surface area contributed by atoms with Crippen LogP contribution in [-0.4, -0.2) is 34.2 Å². The lowest BCUT2D eigenvalue weighted by molar-refractivity contribution is 0.0599. The van der Waals surface area contributed by atoms with E-state index < -0.39 is 22.2 Å². The summed E-state index contributed by atoms with van der Waals surface area (Å²) in [6.07, 6.45) is -0.673. The third-order valence-corrected chi connectivity index (χ3v) is 5.13. The quantitative estimate of drug-likeness (QED) is 0.521. The van der Waals surface area contributed by atoms with Crippen LogP contribution in [0.4, 0.5) is 10.5 Å². The summed E-state index contributed by atoms with van der Waals surface area (Å²) in [6.45, 7) is 1.86. The van der Waals surface area contributed by atoms with Crippen LogP contribution in [0.25, 0.3) is 0 Å². The van der Waals surface area contributed by atoms with Crippen LogP contribution in [0, 0.1) is 0 Å². The number of rotatable bonds is 6. The number of anilines is 1. The van der Waals surface area contributed by atoms with Gasteiger partial charge in [-0.1, -0.05) is 6.07 Å². The lowest BCUT2D eigenvalue weighted by Crippen LogP contribution is -2.14. The molecule has 10 heteroatoms. The lowest BCUT2D eigenvalue weighted by Gasteiger charge is -2.10. The molecule has 0 radical (unpaired) electrons. The summed E-state index contributed by atoms with van der Waals surface area (Å²) in [6, 6.07) is 9.63. The van der Waals surface area contributed by atoms with Crippen molar-refractivity contribution < 1.29 is 31.7 Å². The molecule has 2 aromatic rings. The fourth-order valence-electron chi connectivity index (χ4n) is 2.01. The highest BCUT2D eigenvalue weighted by Crippen LogP contribution is 2.25. The van der Waals surface area contributed by atoms with Gasteiger partial charge in [0.05, 0.1) is 19.3 Å². The monoisotopic (exact) mass is 457 g/mol. The van der Waals surface area contributed by atoms with Crippen molar-refractivity contribution in [3.8, 4) is 5.75 Å². The van der Waals surface area contributed by atoms with Crippen LogP contribution in [0.15, 0.2) is 51.8 Å². The Morgan fingerprint density at radius 1 is 1.15 bits per heavy atom. The van der Waals surface area contributed by atoms with E-state index in [1.807, 2.05) is 0 Å². The molecule has 0 fully saturated rings. The third-order valence-electron chi connectivity index (χ3n) is 3.19. The average molecular weight is 458 g/mol. The number of hydrogen-bond acceptors (Lipinski definition) is 7. The van der Waals surface area contributed by atoms with Gasteiger partial charge < -0.3 is 13.7 Å². The zero-order valence-corrected chi connectivity index (χ0v) is 16.8. The predicted octanol–water partition coefficient (Wildman–Crippen LogP) is 3.57. The van der Waals surface area contributed by atoms with Crippen molar-refractivity contribution in [2.75, 3.05) is 19.0 Å². The number of hydrogen-bond donors (Lipinski definition) is 1. The maximum Gasteiger partial charge on any atom is 0.411 e. The number of nitrogens with one attached hydrogen (secondary N) is 1. The molecule has 0 aliphatic heterocycles. The van der Waals surface area contributed by atoms with Gasteiger partial charge in [-0.05, 0) is 53.2 Å². The van der Waals surface area contributed by atoms with Crippen molar-refractivity contribution in [2.24, 2.45) is 0 Å². The molecule has 0 aliphatic rings. The number of halogens is 1. The van der Waals surface area contributed by atoms with E-state index in [1.165, 1.54) is 37.4 Å². The number of amides is 1. The molecule has 0 aromatic heterocycles. The summed E-state index contributed by atoms with van der Waals surface area (Å²) in [7, 11) is -3.03. The Morgan fingerprint density at radius 2 is 1.89 bits per heavy atom. The maximum atomic E-state index is 12.5. The molecule has 0 atom stereocenters. The summed E-state index contributed by atoms with van der Waals surface area (Å²) < 4.78 is 39.9. The number of benzene rings is 2. The molecule has 0 unspecified atom stereocenters. The Bertz CT molecular complexity index is 960. The van der Waals surface area contributed by atoms with Gasteiger partial charge in [0.15, 0.2) is 0 Å². The smallest absolute Gasteiger partial charge is 0.411 e. The number of ether oxygens (including phenoxy) is 2. The van der Waals surface area contributed by atoms with Crippen LogP contribution in [-0.2, 0) is 19.6 Å². The summed E-state index contributed by atoms with van der Waals surface area (Å²) >= 11 is 3.16. The van der Waals surface area contributed by atoms with Crippen molar-refractivity contribution in [1.29, 1.82) is 0 Å². The number of esters is 1. The molecule has 27 heavy (non-hydrogen) atoms. The van der Waals surface area contributed by atoms with E-state index in [2.05, 4.69) is 26.0 Å². The van der Waals surface area contributed by atoms with Crippen molar-refractivity contribution in [3.05, 3.63) is 52.5 Å². The highest BCUT2D eigenvalue weighted by Gasteiger charge is 2.21. The van der Waals surface area contributed by atoms with Crippen molar-refractivity contribution in [3.63, 3.8) is 0 Å². The second kappa shape index (κ2) is 8.87. The summed E-state index contributed by atoms with van der Waals surface area (Å²) in [5.41, 5.74) is 0.340. The van der Waals surface area contributed by atoms with E-state index in [4.69, 9.17) is 8.92 Å². The second-order valence-electron chi connectivity index (χ2n) is 5.04. The van der Waals surface area contributed by atoms with Crippen molar-refractivity contribution in [2.45, 2.75) is 11.8 Å². The molecule has 2 rings (SSSR count). The Kier molecular flexibility index (Phi) is 6.81. The minimum Gasteiger partial charge on any atom is -0.465 e. The number of methoxy groups -OCH3 is 1. The highest BCUT2D eigenvalue weighted by molar-refractivity contribution is 9.10.